The number of aliphatic hydroxyl groups excluding tert-OH is 2. The number of carbonyl (C=O) groups excluding carboxylic acids is 1. The molecule has 0 radical (unpaired) electrons. The molecule has 4 aliphatic heterocycles. The number of phenols is 3. The number of para-hydroxylation sites is 3. The number of rotatable bonds is 23. The number of aromatic hydroxyl groups is 3. The normalized spacial score (nSPS) is 28.8. The minimum atomic E-state index is -4.14. The first-order valence-electron chi connectivity index (χ1n) is 27.3. The summed E-state index contributed by atoms with van der Waals surface area (Å²) in [5.41, 5.74) is 2.53. The average molecular weight is 1090 g/mol. The zero-order chi connectivity index (χ0) is 54.5. The van der Waals surface area contributed by atoms with E-state index in [9.17, 15) is 38.7 Å². The first-order chi connectivity index (χ1) is 37.0. The van der Waals surface area contributed by atoms with Crippen molar-refractivity contribution in [3.05, 3.63) is 119 Å². The molecule has 0 saturated carbocycles. The second-order valence-electron chi connectivity index (χ2n) is 21.2. The van der Waals surface area contributed by atoms with E-state index in [-0.39, 0.29) is 71.4 Å². The number of urea groups is 1. The van der Waals surface area contributed by atoms with E-state index in [1.807, 2.05) is 39.0 Å². The van der Waals surface area contributed by atoms with E-state index in [4.69, 9.17) is 37.9 Å². The Morgan fingerprint density at radius 3 is 1.43 bits per heavy atom. The number of hydrogen-bond donors (Lipinski definition) is 7. The lowest BCUT2D eigenvalue weighted by molar-refractivity contribution is -0.251. The van der Waals surface area contributed by atoms with Gasteiger partial charge in [-0.15, -0.1) is 0 Å². The van der Waals surface area contributed by atoms with Crippen LogP contribution in [-0.4, -0.2) is 114 Å². The Morgan fingerprint density at radius 2 is 0.922 bits per heavy atom. The predicted molar refractivity (Wildman–Crippen MR) is 283 cm³/mol. The van der Waals surface area contributed by atoms with Crippen LogP contribution in [0.25, 0.3) is 0 Å². The van der Waals surface area contributed by atoms with E-state index >= 15 is 0 Å². The second kappa shape index (κ2) is 27.8. The highest BCUT2D eigenvalue weighted by molar-refractivity contribution is 7.90. The van der Waals surface area contributed by atoms with Gasteiger partial charge in [-0.2, -0.15) is 0 Å². The molecule has 4 aliphatic rings. The van der Waals surface area contributed by atoms with Gasteiger partial charge in [0.05, 0.1) is 72.5 Å². The van der Waals surface area contributed by atoms with Gasteiger partial charge in [0.15, 0.2) is 25.2 Å². The van der Waals surface area contributed by atoms with Gasteiger partial charge in [-0.1, -0.05) is 72.3 Å². The number of nitrogens with one attached hydrogen (secondary N) is 2. The lowest BCUT2D eigenvalue weighted by atomic mass is 9.95. The number of hydrogen-bond acceptors (Lipinski definition) is 16. The second-order valence-corrected chi connectivity index (χ2v) is 22.9. The topological polar surface area (TPSA) is 250 Å². The lowest BCUT2D eigenvalue weighted by Crippen LogP contribution is -2.48. The first kappa shape index (κ1) is 58.3. The summed E-state index contributed by atoms with van der Waals surface area (Å²) in [4.78, 5) is 12.9. The maximum absolute atomic E-state index is 13.0. The summed E-state index contributed by atoms with van der Waals surface area (Å²) in [5, 5.41) is 57.0. The van der Waals surface area contributed by atoms with Crippen molar-refractivity contribution in [2.45, 2.75) is 208 Å². The van der Waals surface area contributed by atoms with Gasteiger partial charge < -0.3 is 68.7 Å². The third kappa shape index (κ3) is 17.3. The molecule has 0 spiro atoms. The lowest BCUT2D eigenvalue weighted by Gasteiger charge is -2.38. The van der Waals surface area contributed by atoms with E-state index in [0.717, 1.165) is 12.0 Å². The van der Waals surface area contributed by atoms with Gasteiger partial charge >= 0.3 is 6.03 Å². The smallest absolute Gasteiger partial charge is 0.328 e. The molecule has 4 aromatic carbocycles. The minimum absolute atomic E-state index is 0.0490. The van der Waals surface area contributed by atoms with Crippen molar-refractivity contribution in [3.63, 3.8) is 0 Å². The summed E-state index contributed by atoms with van der Waals surface area (Å²) in [6, 6.07) is 26.0. The van der Waals surface area contributed by atoms with E-state index < -0.39 is 59.5 Å². The van der Waals surface area contributed by atoms with Crippen LogP contribution in [0.1, 0.15) is 151 Å². The first-order valence-corrected chi connectivity index (χ1v) is 28.8. The third-order valence-electron chi connectivity index (χ3n) is 14.7. The van der Waals surface area contributed by atoms with Crippen molar-refractivity contribution in [2.75, 3.05) is 6.54 Å². The zero-order valence-electron chi connectivity index (χ0n) is 44.3. The molecule has 77 heavy (non-hydrogen) atoms. The van der Waals surface area contributed by atoms with Crippen molar-refractivity contribution in [2.24, 2.45) is 0 Å². The van der Waals surface area contributed by atoms with Gasteiger partial charge in [-0.05, 0) is 135 Å². The van der Waals surface area contributed by atoms with Crippen LogP contribution in [0, 0.1) is 6.92 Å². The predicted octanol–water partition coefficient (Wildman–Crippen LogP) is 9.27. The van der Waals surface area contributed by atoms with Gasteiger partial charge in [-0.3, -0.25) is 0 Å². The number of sulfonamides is 1. The maximum Gasteiger partial charge on any atom is 0.328 e. The fraction of sp³-hybridized carbons (Fsp3) is 0.569. The molecule has 0 bridgehead atoms. The number of amides is 2. The zero-order valence-corrected chi connectivity index (χ0v) is 45.1. The fourth-order valence-corrected chi connectivity index (χ4v) is 11.7. The molecule has 8 rings (SSSR count). The Hall–Kier alpha value is -4.90. The molecule has 7 N–H and O–H groups in total. The number of benzene rings is 4. The highest BCUT2D eigenvalue weighted by atomic mass is 32.2. The van der Waals surface area contributed by atoms with Crippen molar-refractivity contribution >= 4 is 16.1 Å². The van der Waals surface area contributed by atoms with E-state index in [2.05, 4.69) is 10.0 Å². The Bertz CT molecular complexity index is 2590. The van der Waals surface area contributed by atoms with Gasteiger partial charge in [0.1, 0.15) is 17.2 Å². The maximum atomic E-state index is 13.0. The molecule has 19 heteroatoms. The minimum Gasteiger partial charge on any atom is -0.507 e. The van der Waals surface area contributed by atoms with Gasteiger partial charge in [0.2, 0.25) is 0 Å². The summed E-state index contributed by atoms with van der Waals surface area (Å²) in [7, 11) is -4.14. The molecular weight excluding hydrogens is 1010 g/mol. The van der Waals surface area contributed by atoms with Crippen LogP contribution in [0.15, 0.2) is 102 Å². The summed E-state index contributed by atoms with van der Waals surface area (Å²) < 4.78 is 78.1. The van der Waals surface area contributed by atoms with Crippen LogP contribution >= 0.6 is 0 Å². The van der Waals surface area contributed by atoms with E-state index in [0.29, 0.717) is 107 Å². The van der Waals surface area contributed by atoms with Crippen LogP contribution in [0.4, 0.5) is 4.79 Å². The molecule has 4 heterocycles. The van der Waals surface area contributed by atoms with Crippen molar-refractivity contribution in [3.8, 4) is 17.2 Å². The monoisotopic (exact) mass is 1090 g/mol. The molecule has 4 fully saturated rings. The Morgan fingerprint density at radius 1 is 0.532 bits per heavy atom. The summed E-state index contributed by atoms with van der Waals surface area (Å²) in [6.45, 7) is 5.63. The Balaban J connectivity index is 0.834. The molecule has 2 amide bonds. The molecule has 18 nitrogen and oxygen atoms in total. The largest absolute Gasteiger partial charge is 0.507 e. The summed E-state index contributed by atoms with van der Waals surface area (Å²) >= 11 is 0. The van der Waals surface area contributed by atoms with E-state index in [1.54, 1.807) is 66.7 Å². The van der Waals surface area contributed by atoms with Crippen LogP contribution in [-0.2, 0) is 47.9 Å². The number of phenolic OH excluding ortho intramolecular Hbond substituents is 3. The molecule has 422 valence electrons. The summed E-state index contributed by atoms with van der Waals surface area (Å²) in [5.74, 6) is 0.269. The van der Waals surface area contributed by atoms with Crippen LogP contribution < -0.4 is 10.0 Å². The van der Waals surface area contributed by atoms with Crippen LogP contribution in [0.5, 0.6) is 17.2 Å². The molecule has 13 unspecified atom stereocenters. The quantitative estimate of drug-likeness (QED) is 0.0365. The highest BCUT2D eigenvalue weighted by Gasteiger charge is 2.37. The van der Waals surface area contributed by atoms with Gasteiger partial charge in [-0.25, -0.2) is 17.9 Å². The number of ether oxygens (including phenoxy) is 8. The molecule has 4 aromatic rings. The number of carbonyl (C=O) groups is 1. The van der Waals surface area contributed by atoms with Crippen LogP contribution in [0.3, 0.4) is 0 Å². The molecule has 14 atom stereocenters. The average Bonchev–Trinajstić information content (AvgIpc) is 3.38. The van der Waals surface area contributed by atoms with Gasteiger partial charge in [0, 0.05) is 29.5 Å². The van der Waals surface area contributed by atoms with Crippen molar-refractivity contribution < 1.29 is 76.6 Å². The summed E-state index contributed by atoms with van der Waals surface area (Å²) in [6.07, 6.45) is 2.33. The standard InChI is InChI=1S/C58H78N2O16S/c1-36-25-27-47(28-26-36)77(67,68)60-58(66)59-35-54-71-42(18-12-17-41-29-37(2)69-55(73-41)48-19-4-7-22-51(48)63)34-46(72-54)32-40(62)14-11-16-44-33-43(74-57(75-44)50-21-6-9-24-53(50)65)15-10-13-39(61)31-45-30-38(3)70-56(76-45)49-20-5-8-23-52(49)64/h4-9,19-28,37-46,54-57,61-65H,10-18,29-35H2,1-3H3,(H2,59,60,66)/t37?,38-,39?,40?,41?,42?,43?,44?,45?,46?,54?,55?,56?,57?/m0/s1. The fourth-order valence-electron chi connectivity index (χ4n) is 10.8. The Labute approximate surface area is 452 Å². The molecule has 0 aromatic heterocycles. The SMILES string of the molecule is Cc1ccc(S(=O)(=O)NC(=O)NCC2OC(CCCC3CC(C)OC(c4ccccc4O)O3)CC(CC(O)CCCC3CC(CCCC(O)CC4C[C@H](C)OC(c5ccccc5O)O4)OC(c4ccccc4O)O3)O2)cc1. The molecule has 4 saturated heterocycles. The van der Waals surface area contributed by atoms with Crippen LogP contribution in [0.2, 0.25) is 0 Å². The van der Waals surface area contributed by atoms with Gasteiger partial charge in [0.25, 0.3) is 10.0 Å². The van der Waals surface area contributed by atoms with Crippen molar-refractivity contribution in [1.82, 2.24) is 10.0 Å². The van der Waals surface area contributed by atoms with Crippen molar-refractivity contribution in [1.29, 1.82) is 0 Å². The Kier molecular flexibility index (Phi) is 21.0. The molecule has 0 aliphatic carbocycles. The number of aryl methyl sites for hydroxylation is 1. The number of aliphatic hydroxyl groups is 2. The molecular formula is C58H78N2O16S. The third-order valence-corrected chi connectivity index (χ3v) is 16.1. The van der Waals surface area contributed by atoms with E-state index in [1.165, 1.54) is 12.1 Å². The highest BCUT2D eigenvalue weighted by Crippen LogP contribution is 2.40.